The molecule has 0 atom stereocenters. The number of carboxylic acid groups (broad SMARTS) is 1. The van der Waals surface area contributed by atoms with Crippen LogP contribution in [0.2, 0.25) is 0 Å². The quantitative estimate of drug-likeness (QED) is 0.227. The van der Waals surface area contributed by atoms with Gasteiger partial charge in [-0.25, -0.2) is 14.5 Å². The van der Waals surface area contributed by atoms with Crippen LogP contribution in [0.15, 0.2) is 81.4 Å². The topological polar surface area (TPSA) is 134 Å². The zero-order valence-corrected chi connectivity index (χ0v) is 20.7. The van der Waals surface area contributed by atoms with Gasteiger partial charge < -0.3 is 24.7 Å². The maximum atomic E-state index is 13.0. The van der Waals surface area contributed by atoms with E-state index in [1.165, 1.54) is 6.07 Å². The number of halogens is 1. The van der Waals surface area contributed by atoms with Crippen LogP contribution in [0.5, 0.6) is 0 Å². The average molecular weight is 563 g/mol. The van der Waals surface area contributed by atoms with Crippen molar-refractivity contribution in [3.8, 4) is 0 Å². The van der Waals surface area contributed by atoms with Crippen molar-refractivity contribution in [2.24, 2.45) is 0 Å². The number of carbonyl (C=O) groups is 4. The van der Waals surface area contributed by atoms with Gasteiger partial charge in [-0.15, -0.1) is 0 Å². The molecule has 186 valence electrons. The first-order valence-corrected chi connectivity index (χ1v) is 11.9. The van der Waals surface area contributed by atoms with Crippen LogP contribution in [0.4, 0.5) is 10.5 Å². The fourth-order valence-electron chi connectivity index (χ4n) is 4.01. The van der Waals surface area contributed by atoms with E-state index in [4.69, 9.17) is 9.52 Å². The standard InChI is InChI=1S/C26H19BrN4O6/c27-16-5-7-17(8-6-16)28-23(32)14-31-24(33)20(29-26(31)36)11-15-12-30(21-4-2-1-3-19(15)21)13-18-9-10-22(37-18)25(34)35/h1-12H,13-14H2,(H,28,32)(H,29,36)(H,34,35)/b20-11-. The Labute approximate surface area is 218 Å². The van der Waals surface area contributed by atoms with Gasteiger partial charge in [0.15, 0.2) is 0 Å². The molecule has 0 radical (unpaired) electrons. The fraction of sp³-hybridized carbons (Fsp3) is 0.0769. The predicted octanol–water partition coefficient (Wildman–Crippen LogP) is 4.27. The number of carboxylic acids is 1. The molecule has 0 aliphatic carbocycles. The summed E-state index contributed by atoms with van der Waals surface area (Å²) in [6.07, 6.45) is 3.33. The molecule has 0 unspecified atom stereocenters. The van der Waals surface area contributed by atoms with Crippen LogP contribution in [0.1, 0.15) is 21.9 Å². The van der Waals surface area contributed by atoms with Gasteiger partial charge in [-0.2, -0.15) is 0 Å². The predicted molar refractivity (Wildman–Crippen MR) is 138 cm³/mol. The number of benzene rings is 2. The Morgan fingerprint density at radius 3 is 2.54 bits per heavy atom. The summed E-state index contributed by atoms with van der Waals surface area (Å²) in [5.41, 5.74) is 2.06. The number of urea groups is 1. The Kier molecular flexibility index (Phi) is 6.36. The Morgan fingerprint density at radius 1 is 1.05 bits per heavy atom. The maximum Gasteiger partial charge on any atom is 0.371 e. The van der Waals surface area contributed by atoms with Crippen molar-refractivity contribution in [3.05, 3.63) is 94.1 Å². The third-order valence-corrected chi connectivity index (χ3v) is 6.24. The molecule has 1 aliphatic rings. The summed E-state index contributed by atoms with van der Waals surface area (Å²) in [5, 5.41) is 15.1. The molecule has 4 aromatic rings. The monoisotopic (exact) mass is 562 g/mol. The SMILES string of the molecule is O=C(CN1C(=O)N/C(=C\c2cn(Cc3ccc(C(=O)O)o3)c3ccccc23)C1=O)Nc1ccc(Br)cc1. The van der Waals surface area contributed by atoms with Gasteiger partial charge in [0.05, 0.1) is 6.54 Å². The van der Waals surface area contributed by atoms with Crippen LogP contribution >= 0.6 is 15.9 Å². The molecule has 37 heavy (non-hydrogen) atoms. The highest BCUT2D eigenvalue weighted by Crippen LogP contribution is 2.26. The van der Waals surface area contributed by atoms with E-state index in [9.17, 15) is 19.2 Å². The van der Waals surface area contributed by atoms with Gasteiger partial charge in [-0.3, -0.25) is 9.59 Å². The van der Waals surface area contributed by atoms with E-state index in [1.807, 2.05) is 28.8 Å². The van der Waals surface area contributed by atoms with Gasteiger partial charge in [0.2, 0.25) is 11.7 Å². The number of para-hydroxylation sites is 1. The third-order valence-electron chi connectivity index (χ3n) is 5.71. The molecule has 3 N–H and O–H groups in total. The highest BCUT2D eigenvalue weighted by atomic mass is 79.9. The highest BCUT2D eigenvalue weighted by molar-refractivity contribution is 9.10. The minimum Gasteiger partial charge on any atom is -0.475 e. The van der Waals surface area contributed by atoms with Crippen LogP contribution in [-0.4, -0.2) is 44.9 Å². The van der Waals surface area contributed by atoms with Gasteiger partial charge in [0.25, 0.3) is 5.91 Å². The second-order valence-electron chi connectivity index (χ2n) is 8.24. The average Bonchev–Trinajstić information content (AvgIpc) is 3.55. The van der Waals surface area contributed by atoms with E-state index in [-0.39, 0.29) is 18.0 Å². The van der Waals surface area contributed by atoms with E-state index in [1.54, 1.807) is 42.6 Å². The first kappa shape index (κ1) is 24.1. The van der Waals surface area contributed by atoms with Crippen molar-refractivity contribution in [2.45, 2.75) is 6.54 Å². The highest BCUT2D eigenvalue weighted by Gasteiger charge is 2.35. The van der Waals surface area contributed by atoms with E-state index < -0.39 is 30.4 Å². The molecule has 0 bridgehead atoms. The molecule has 3 heterocycles. The van der Waals surface area contributed by atoms with E-state index in [0.29, 0.717) is 17.0 Å². The van der Waals surface area contributed by atoms with E-state index >= 15 is 0 Å². The van der Waals surface area contributed by atoms with Crippen molar-refractivity contribution in [3.63, 3.8) is 0 Å². The number of nitrogens with one attached hydrogen (secondary N) is 2. The molecule has 10 nitrogen and oxygen atoms in total. The third kappa shape index (κ3) is 5.02. The van der Waals surface area contributed by atoms with E-state index in [2.05, 4.69) is 26.6 Å². The first-order chi connectivity index (χ1) is 17.8. The molecule has 0 saturated carbocycles. The van der Waals surface area contributed by atoms with E-state index in [0.717, 1.165) is 20.3 Å². The fourth-order valence-corrected chi connectivity index (χ4v) is 4.28. The molecule has 4 amide bonds. The van der Waals surface area contributed by atoms with Gasteiger partial charge in [-0.1, -0.05) is 34.1 Å². The zero-order valence-electron chi connectivity index (χ0n) is 19.1. The number of hydrogen-bond acceptors (Lipinski definition) is 5. The number of fused-ring (bicyclic) bond motifs is 1. The summed E-state index contributed by atoms with van der Waals surface area (Å²) >= 11 is 3.32. The molecule has 1 saturated heterocycles. The molecule has 5 rings (SSSR count). The lowest BCUT2D eigenvalue weighted by Gasteiger charge is -2.12. The minimum atomic E-state index is -1.15. The van der Waals surface area contributed by atoms with Gasteiger partial charge >= 0.3 is 12.0 Å². The Morgan fingerprint density at radius 2 is 1.81 bits per heavy atom. The smallest absolute Gasteiger partial charge is 0.371 e. The number of anilines is 1. The van der Waals surface area contributed by atoms with Crippen molar-refractivity contribution in [2.75, 3.05) is 11.9 Å². The second-order valence-corrected chi connectivity index (χ2v) is 9.15. The lowest BCUT2D eigenvalue weighted by molar-refractivity contribution is -0.127. The summed E-state index contributed by atoms with van der Waals surface area (Å²) in [7, 11) is 0. The van der Waals surface area contributed by atoms with Crippen LogP contribution in [0.3, 0.4) is 0 Å². The summed E-state index contributed by atoms with van der Waals surface area (Å²) in [6, 6.07) is 16.7. The number of nitrogens with zero attached hydrogens (tertiary/aromatic N) is 2. The van der Waals surface area contributed by atoms with Crippen LogP contribution < -0.4 is 10.6 Å². The number of furan rings is 1. The molecule has 1 fully saturated rings. The molecular weight excluding hydrogens is 544 g/mol. The summed E-state index contributed by atoms with van der Waals surface area (Å²) in [6.45, 7) is -0.177. The normalized spacial score (nSPS) is 14.4. The van der Waals surface area contributed by atoms with Crippen LogP contribution in [0.25, 0.3) is 17.0 Å². The number of aromatic carboxylic acids is 1. The summed E-state index contributed by atoms with van der Waals surface area (Å²) in [4.78, 5) is 49.9. The van der Waals surface area contributed by atoms with Gasteiger partial charge in [0, 0.05) is 32.8 Å². The number of aromatic nitrogens is 1. The lowest BCUT2D eigenvalue weighted by Crippen LogP contribution is -2.38. The Bertz CT molecular complexity index is 1580. The lowest BCUT2D eigenvalue weighted by atomic mass is 10.1. The molecule has 2 aromatic heterocycles. The number of carbonyl (C=O) groups excluding carboxylic acids is 3. The summed E-state index contributed by atoms with van der Waals surface area (Å²) < 4.78 is 8.09. The molecule has 0 spiro atoms. The van der Waals surface area contributed by atoms with Gasteiger partial charge in [0.1, 0.15) is 18.0 Å². The number of amides is 4. The minimum absolute atomic E-state index is 0.0375. The number of imide groups is 1. The maximum absolute atomic E-state index is 13.0. The first-order valence-electron chi connectivity index (χ1n) is 11.1. The Balaban J connectivity index is 1.36. The zero-order chi connectivity index (χ0) is 26.1. The van der Waals surface area contributed by atoms with Crippen LogP contribution in [-0.2, 0) is 16.1 Å². The van der Waals surface area contributed by atoms with Crippen molar-refractivity contribution in [1.82, 2.24) is 14.8 Å². The van der Waals surface area contributed by atoms with Crippen molar-refractivity contribution < 1.29 is 28.7 Å². The number of rotatable bonds is 7. The molecular formula is C26H19BrN4O6. The molecule has 2 aromatic carbocycles. The van der Waals surface area contributed by atoms with Crippen molar-refractivity contribution >= 4 is 62.4 Å². The molecule has 1 aliphatic heterocycles. The number of hydrogen-bond donors (Lipinski definition) is 3. The van der Waals surface area contributed by atoms with Gasteiger partial charge in [-0.05, 0) is 48.5 Å². The Hall–Kier alpha value is -4.64. The van der Waals surface area contributed by atoms with Crippen molar-refractivity contribution in [1.29, 1.82) is 0 Å². The van der Waals surface area contributed by atoms with Crippen LogP contribution in [0, 0.1) is 0 Å². The largest absolute Gasteiger partial charge is 0.475 e. The molecule has 11 heteroatoms. The second kappa shape index (κ2) is 9.78. The summed E-state index contributed by atoms with van der Waals surface area (Å²) in [5.74, 6) is -1.99.